The first-order valence-corrected chi connectivity index (χ1v) is 8.69. The molecule has 0 aliphatic heterocycles. The number of hydrogen-bond donors (Lipinski definition) is 1. The number of hydrogen-bond acceptors (Lipinski definition) is 4. The van der Waals surface area contributed by atoms with Crippen LogP contribution in [0.5, 0.6) is 0 Å². The summed E-state index contributed by atoms with van der Waals surface area (Å²) < 4.78 is 2.12. The maximum absolute atomic E-state index is 12.3. The molecule has 0 atom stereocenters. The van der Waals surface area contributed by atoms with Crippen LogP contribution in [-0.4, -0.2) is 21.2 Å². The van der Waals surface area contributed by atoms with Gasteiger partial charge in [-0.25, -0.2) is 10.4 Å². The average Bonchev–Trinajstić information content (AvgIpc) is 3.13. The number of amides is 1. The highest BCUT2D eigenvalue weighted by molar-refractivity contribution is 7.14. The maximum Gasteiger partial charge on any atom is 0.271 e. The zero-order chi connectivity index (χ0) is 17.3. The normalized spacial score (nSPS) is 11.9. The van der Waals surface area contributed by atoms with Crippen molar-refractivity contribution in [1.29, 1.82) is 0 Å². The number of thiophene rings is 1. The van der Waals surface area contributed by atoms with E-state index in [-0.39, 0.29) is 5.91 Å². The first-order chi connectivity index (χ1) is 11.5. The molecule has 124 valence electrons. The number of nitrogens with one attached hydrogen (secondary N) is 1. The predicted octanol–water partition coefficient (Wildman–Crippen LogP) is 3.89. The number of fused-ring (bicyclic) bond motifs is 1. The molecule has 24 heavy (non-hydrogen) atoms. The van der Waals surface area contributed by atoms with E-state index in [0.29, 0.717) is 5.56 Å². The van der Waals surface area contributed by atoms with Crippen LogP contribution >= 0.6 is 11.3 Å². The number of hydrazone groups is 1. The Labute approximate surface area is 145 Å². The SMILES string of the molecule is CCn1c(C)nc2cc(C(=O)N/N=C(/C)c3ccc(C)s3)ccc21. The molecule has 6 heteroatoms. The van der Waals surface area contributed by atoms with Crippen molar-refractivity contribution in [2.75, 3.05) is 0 Å². The van der Waals surface area contributed by atoms with Crippen molar-refractivity contribution in [3.05, 3.63) is 51.5 Å². The van der Waals surface area contributed by atoms with Gasteiger partial charge >= 0.3 is 0 Å². The van der Waals surface area contributed by atoms with Crippen molar-refractivity contribution < 1.29 is 4.79 Å². The van der Waals surface area contributed by atoms with Crippen molar-refractivity contribution in [2.24, 2.45) is 5.10 Å². The van der Waals surface area contributed by atoms with Gasteiger partial charge in [-0.1, -0.05) is 0 Å². The Bertz CT molecular complexity index is 936. The van der Waals surface area contributed by atoms with E-state index in [0.717, 1.165) is 34.0 Å². The van der Waals surface area contributed by atoms with Crippen molar-refractivity contribution in [1.82, 2.24) is 15.0 Å². The molecule has 2 heterocycles. The Morgan fingerprint density at radius 2 is 2.08 bits per heavy atom. The van der Waals surface area contributed by atoms with Gasteiger partial charge in [0.1, 0.15) is 5.82 Å². The third-order valence-corrected chi connectivity index (χ3v) is 5.05. The van der Waals surface area contributed by atoms with Gasteiger partial charge in [-0.05, 0) is 58.0 Å². The minimum Gasteiger partial charge on any atom is -0.329 e. The number of aryl methyl sites for hydroxylation is 3. The fraction of sp³-hybridized carbons (Fsp3) is 0.278. The van der Waals surface area contributed by atoms with Crippen LogP contribution in [0.25, 0.3) is 11.0 Å². The Kier molecular flexibility index (Phi) is 4.49. The predicted molar refractivity (Wildman–Crippen MR) is 98.9 cm³/mol. The monoisotopic (exact) mass is 340 g/mol. The molecule has 0 saturated heterocycles. The second kappa shape index (κ2) is 6.57. The fourth-order valence-corrected chi connectivity index (χ4v) is 3.49. The summed E-state index contributed by atoms with van der Waals surface area (Å²) in [6, 6.07) is 9.61. The lowest BCUT2D eigenvalue weighted by Gasteiger charge is -2.03. The zero-order valence-electron chi connectivity index (χ0n) is 14.3. The van der Waals surface area contributed by atoms with Gasteiger partial charge in [0, 0.05) is 17.0 Å². The van der Waals surface area contributed by atoms with Gasteiger partial charge in [0.05, 0.1) is 21.6 Å². The third-order valence-electron chi connectivity index (χ3n) is 3.94. The Morgan fingerprint density at radius 1 is 1.29 bits per heavy atom. The molecule has 0 bridgehead atoms. The second-order valence-electron chi connectivity index (χ2n) is 5.66. The summed E-state index contributed by atoms with van der Waals surface area (Å²) in [6.45, 7) is 8.85. The van der Waals surface area contributed by atoms with Crippen LogP contribution in [-0.2, 0) is 6.54 Å². The van der Waals surface area contributed by atoms with Crippen LogP contribution < -0.4 is 5.43 Å². The number of imidazole rings is 1. The molecule has 0 saturated carbocycles. The molecule has 3 aromatic rings. The summed E-state index contributed by atoms with van der Waals surface area (Å²) in [7, 11) is 0. The summed E-state index contributed by atoms with van der Waals surface area (Å²) in [6.07, 6.45) is 0. The van der Waals surface area contributed by atoms with Gasteiger partial charge < -0.3 is 4.57 Å². The summed E-state index contributed by atoms with van der Waals surface area (Å²) >= 11 is 1.66. The number of nitrogens with zero attached hydrogens (tertiary/aromatic N) is 3. The van der Waals surface area contributed by atoms with Crippen LogP contribution in [0.3, 0.4) is 0 Å². The smallest absolute Gasteiger partial charge is 0.271 e. The minimum absolute atomic E-state index is 0.228. The first-order valence-electron chi connectivity index (χ1n) is 7.88. The van der Waals surface area contributed by atoms with Crippen molar-refractivity contribution >= 4 is 34.0 Å². The van der Waals surface area contributed by atoms with E-state index in [4.69, 9.17) is 0 Å². The zero-order valence-corrected chi connectivity index (χ0v) is 15.1. The molecule has 0 aliphatic carbocycles. The Hall–Kier alpha value is -2.47. The molecule has 0 radical (unpaired) electrons. The van der Waals surface area contributed by atoms with Gasteiger partial charge in [0.15, 0.2) is 0 Å². The van der Waals surface area contributed by atoms with E-state index >= 15 is 0 Å². The number of carbonyl (C=O) groups excluding carboxylic acids is 1. The number of rotatable bonds is 4. The molecule has 0 spiro atoms. The fourth-order valence-electron chi connectivity index (χ4n) is 2.67. The van der Waals surface area contributed by atoms with Gasteiger partial charge in [-0.2, -0.15) is 5.10 Å². The largest absolute Gasteiger partial charge is 0.329 e. The van der Waals surface area contributed by atoms with Crippen LogP contribution in [0.2, 0.25) is 0 Å². The average molecular weight is 340 g/mol. The Balaban J connectivity index is 1.81. The molecule has 1 aromatic carbocycles. The maximum atomic E-state index is 12.3. The van der Waals surface area contributed by atoms with E-state index in [9.17, 15) is 4.79 Å². The number of benzene rings is 1. The topological polar surface area (TPSA) is 59.3 Å². The molecule has 1 amide bonds. The second-order valence-corrected chi connectivity index (χ2v) is 6.94. The summed E-state index contributed by atoms with van der Waals surface area (Å²) in [5.41, 5.74) is 5.86. The first kappa shape index (κ1) is 16.4. The van der Waals surface area contributed by atoms with E-state index < -0.39 is 0 Å². The van der Waals surface area contributed by atoms with Crippen molar-refractivity contribution in [3.8, 4) is 0 Å². The van der Waals surface area contributed by atoms with Crippen LogP contribution in [0, 0.1) is 13.8 Å². The minimum atomic E-state index is -0.228. The highest BCUT2D eigenvalue weighted by Gasteiger charge is 2.11. The highest BCUT2D eigenvalue weighted by atomic mass is 32.1. The molecule has 2 aromatic heterocycles. The lowest BCUT2D eigenvalue weighted by Crippen LogP contribution is -2.19. The summed E-state index contributed by atoms with van der Waals surface area (Å²) in [5.74, 6) is 0.722. The van der Waals surface area contributed by atoms with E-state index in [2.05, 4.69) is 27.0 Å². The van der Waals surface area contributed by atoms with Crippen LogP contribution in [0.4, 0.5) is 0 Å². The summed E-state index contributed by atoms with van der Waals surface area (Å²) in [4.78, 5) is 19.1. The quantitative estimate of drug-likeness (QED) is 0.578. The van der Waals surface area contributed by atoms with Gasteiger partial charge in [0.25, 0.3) is 5.91 Å². The molecule has 0 aliphatic rings. The molecule has 1 N–H and O–H groups in total. The molecule has 0 unspecified atom stereocenters. The number of carbonyl (C=O) groups is 1. The van der Waals surface area contributed by atoms with Gasteiger partial charge in [-0.3, -0.25) is 4.79 Å². The molecule has 5 nitrogen and oxygen atoms in total. The standard InChI is InChI=1S/C18H20N4OS/c1-5-22-13(4)19-15-10-14(7-8-16(15)22)18(23)21-20-12(3)17-9-6-11(2)24-17/h6-10H,5H2,1-4H3,(H,21,23)/b20-12-. The lowest BCUT2D eigenvalue weighted by molar-refractivity contribution is 0.0955. The molecular weight excluding hydrogens is 320 g/mol. The van der Waals surface area contributed by atoms with E-state index in [1.165, 1.54) is 4.88 Å². The summed E-state index contributed by atoms with van der Waals surface area (Å²) in [5, 5.41) is 4.20. The Morgan fingerprint density at radius 3 is 2.75 bits per heavy atom. The number of aromatic nitrogens is 2. The van der Waals surface area contributed by atoms with Gasteiger partial charge in [-0.15, -0.1) is 11.3 Å². The molecular formula is C18H20N4OS. The third kappa shape index (κ3) is 3.10. The van der Waals surface area contributed by atoms with Gasteiger partial charge in [0.2, 0.25) is 0 Å². The van der Waals surface area contributed by atoms with Crippen molar-refractivity contribution in [2.45, 2.75) is 34.2 Å². The van der Waals surface area contributed by atoms with E-state index in [1.807, 2.05) is 51.1 Å². The molecule has 3 rings (SSSR count). The van der Waals surface area contributed by atoms with E-state index in [1.54, 1.807) is 11.3 Å². The lowest BCUT2D eigenvalue weighted by atomic mass is 10.2. The van der Waals surface area contributed by atoms with Crippen LogP contribution in [0.15, 0.2) is 35.4 Å². The highest BCUT2D eigenvalue weighted by Crippen LogP contribution is 2.18. The van der Waals surface area contributed by atoms with Crippen molar-refractivity contribution in [3.63, 3.8) is 0 Å². The van der Waals surface area contributed by atoms with Crippen LogP contribution in [0.1, 0.15) is 39.8 Å². The molecule has 0 fully saturated rings.